The zero-order chi connectivity index (χ0) is 24.1. The van der Waals surface area contributed by atoms with E-state index in [9.17, 15) is 28.0 Å². The molecule has 0 aromatic heterocycles. The summed E-state index contributed by atoms with van der Waals surface area (Å²) in [4.78, 5) is 50.2. The third-order valence-corrected chi connectivity index (χ3v) is 5.37. The monoisotopic (exact) mass is 469 g/mol. The lowest BCUT2D eigenvalue weighted by atomic mass is 10.2. The molecule has 2 fully saturated rings. The van der Waals surface area contributed by atoms with Gasteiger partial charge in [-0.1, -0.05) is 6.92 Å². The summed E-state index contributed by atoms with van der Waals surface area (Å²) in [5.41, 5.74) is -0.307. The van der Waals surface area contributed by atoms with Gasteiger partial charge in [0.1, 0.15) is 11.8 Å². The average Bonchev–Trinajstić information content (AvgIpc) is 3.16. The number of benzene rings is 1. The van der Waals surface area contributed by atoms with Gasteiger partial charge in [-0.2, -0.15) is 0 Å². The minimum absolute atomic E-state index is 0.0444. The first kappa shape index (κ1) is 24.0. The smallest absolute Gasteiger partial charge is 0.414 e. The Balaban J connectivity index is 1.62. The molecule has 0 radical (unpaired) electrons. The fourth-order valence-electron chi connectivity index (χ4n) is 3.64. The first-order valence-electron chi connectivity index (χ1n) is 10.4. The lowest BCUT2D eigenvalue weighted by Gasteiger charge is -2.36. The van der Waals surface area contributed by atoms with Gasteiger partial charge in [0.05, 0.1) is 25.3 Å². The molecule has 2 aliphatic heterocycles. The zero-order valence-corrected chi connectivity index (χ0v) is 18.0. The number of hydrogen-bond acceptors (Lipinski definition) is 6. The predicted octanol–water partition coefficient (Wildman–Crippen LogP) is 0.732. The van der Waals surface area contributed by atoms with E-state index in [1.807, 2.05) is 0 Å². The van der Waals surface area contributed by atoms with Crippen LogP contribution in [0.4, 0.5) is 29.7 Å². The number of ether oxygens (including phenoxy) is 1. The van der Waals surface area contributed by atoms with Gasteiger partial charge in [0.15, 0.2) is 11.6 Å². The highest BCUT2D eigenvalue weighted by molar-refractivity contribution is 5.90. The molecule has 4 amide bonds. The molecule has 3 N–H and O–H groups in total. The summed E-state index contributed by atoms with van der Waals surface area (Å²) in [5.74, 6) is -2.26. The largest absolute Gasteiger partial charge is 0.465 e. The molecule has 180 valence electrons. The Labute approximate surface area is 188 Å². The van der Waals surface area contributed by atoms with Gasteiger partial charge >= 0.3 is 12.2 Å². The molecule has 1 aromatic carbocycles. The number of halogens is 2. The van der Waals surface area contributed by atoms with Gasteiger partial charge in [-0.25, -0.2) is 18.4 Å². The van der Waals surface area contributed by atoms with Crippen molar-refractivity contribution in [1.82, 2.24) is 15.5 Å². The highest BCUT2D eigenvalue weighted by Crippen LogP contribution is 2.31. The summed E-state index contributed by atoms with van der Waals surface area (Å²) >= 11 is 0. The topological polar surface area (TPSA) is 132 Å². The summed E-state index contributed by atoms with van der Waals surface area (Å²) in [6.07, 6.45) is -2.63. The van der Waals surface area contributed by atoms with E-state index in [0.717, 1.165) is 17.0 Å². The van der Waals surface area contributed by atoms with Gasteiger partial charge in [0.2, 0.25) is 11.8 Å². The van der Waals surface area contributed by atoms with Crippen LogP contribution in [0.25, 0.3) is 0 Å². The number of cyclic esters (lactones) is 1. The molecule has 2 saturated heterocycles. The zero-order valence-electron chi connectivity index (χ0n) is 18.0. The number of rotatable bonds is 7. The highest BCUT2D eigenvalue weighted by atomic mass is 19.1. The predicted molar refractivity (Wildman–Crippen MR) is 112 cm³/mol. The van der Waals surface area contributed by atoms with Crippen molar-refractivity contribution in [3.8, 4) is 0 Å². The van der Waals surface area contributed by atoms with Gasteiger partial charge in [-0.15, -0.1) is 0 Å². The van der Waals surface area contributed by atoms with Crippen LogP contribution in [0.5, 0.6) is 0 Å². The normalized spacial score (nSPS) is 18.2. The third-order valence-electron chi connectivity index (χ3n) is 5.37. The molecule has 0 unspecified atom stereocenters. The minimum atomic E-state index is -1.28. The van der Waals surface area contributed by atoms with E-state index < -0.39 is 29.9 Å². The Morgan fingerprint density at radius 1 is 1.12 bits per heavy atom. The summed E-state index contributed by atoms with van der Waals surface area (Å²) in [7, 11) is 0. The number of hydrogen-bond donors (Lipinski definition) is 3. The summed E-state index contributed by atoms with van der Waals surface area (Å²) in [6.45, 7) is 2.19. The van der Waals surface area contributed by atoms with Crippen LogP contribution in [-0.4, -0.2) is 85.9 Å². The fraction of sp³-hybridized carbons (Fsp3) is 0.500. The summed E-state index contributed by atoms with van der Waals surface area (Å²) < 4.78 is 34.7. The van der Waals surface area contributed by atoms with Crippen LogP contribution in [0.15, 0.2) is 12.1 Å². The molecule has 2 aliphatic rings. The molecule has 0 saturated carbocycles. The number of amides is 4. The molecule has 0 aliphatic carbocycles. The second-order valence-corrected chi connectivity index (χ2v) is 7.56. The van der Waals surface area contributed by atoms with Crippen LogP contribution in [0.3, 0.4) is 0 Å². The van der Waals surface area contributed by atoms with Crippen LogP contribution in [0.2, 0.25) is 0 Å². The van der Waals surface area contributed by atoms with E-state index in [2.05, 4.69) is 10.6 Å². The second-order valence-electron chi connectivity index (χ2n) is 7.56. The van der Waals surface area contributed by atoms with Gasteiger partial charge in [-0.3, -0.25) is 14.5 Å². The number of nitrogens with zero attached hydrogens (tertiary/aromatic N) is 3. The first-order valence-corrected chi connectivity index (χ1v) is 10.4. The Morgan fingerprint density at radius 2 is 1.76 bits per heavy atom. The molecule has 0 spiro atoms. The van der Waals surface area contributed by atoms with Crippen molar-refractivity contribution in [2.45, 2.75) is 19.4 Å². The van der Waals surface area contributed by atoms with Crippen LogP contribution < -0.4 is 20.4 Å². The number of piperazine rings is 1. The first-order chi connectivity index (χ1) is 15.7. The molecule has 0 bridgehead atoms. The number of carbonyl (C=O) groups excluding carboxylic acids is 3. The molecule has 2 heterocycles. The maximum absolute atomic E-state index is 14.9. The average molecular weight is 469 g/mol. The molecular weight excluding hydrogens is 444 g/mol. The number of carboxylic acid groups (broad SMARTS) is 1. The number of nitrogens with one attached hydrogen (secondary N) is 2. The quantitative estimate of drug-likeness (QED) is 0.537. The maximum Gasteiger partial charge on any atom is 0.414 e. The Morgan fingerprint density at radius 3 is 2.33 bits per heavy atom. The van der Waals surface area contributed by atoms with Crippen LogP contribution in [0, 0.1) is 11.6 Å². The molecule has 1 atom stereocenters. The van der Waals surface area contributed by atoms with Crippen molar-refractivity contribution < 1.29 is 37.8 Å². The molecule has 13 heteroatoms. The standard InChI is InChI=1S/C20H25F2N5O6/c1-2-16(28)23-10-17(29)25-3-5-26(6-4-25)18-14(21)7-12(8-15(18)22)27-11-13(33-20(27)32)9-24-19(30)31/h7-8,13,24H,2-6,9-11H2,1H3,(H,23,28)(H,30,31)/t13-/m0/s1. The van der Waals surface area contributed by atoms with E-state index in [4.69, 9.17) is 9.84 Å². The summed E-state index contributed by atoms with van der Waals surface area (Å²) in [5, 5.41) is 13.2. The Kier molecular flexibility index (Phi) is 7.51. The van der Waals surface area contributed by atoms with Gasteiger partial charge in [0, 0.05) is 44.7 Å². The molecule has 33 heavy (non-hydrogen) atoms. The Hall–Kier alpha value is -3.64. The molecular formula is C20H25F2N5O6. The van der Waals surface area contributed by atoms with Crippen molar-refractivity contribution in [1.29, 1.82) is 0 Å². The SMILES string of the molecule is CCC(=O)NCC(=O)N1CCN(c2c(F)cc(N3C[C@H](CNC(=O)O)OC3=O)cc2F)CC1. The van der Waals surface area contributed by atoms with Crippen molar-refractivity contribution in [3.63, 3.8) is 0 Å². The minimum Gasteiger partial charge on any atom is -0.465 e. The van der Waals surface area contributed by atoms with E-state index in [0.29, 0.717) is 0 Å². The van der Waals surface area contributed by atoms with Gasteiger partial charge in [-0.05, 0) is 0 Å². The van der Waals surface area contributed by atoms with E-state index in [1.54, 1.807) is 6.92 Å². The fourth-order valence-corrected chi connectivity index (χ4v) is 3.64. The van der Waals surface area contributed by atoms with Crippen LogP contribution in [-0.2, 0) is 14.3 Å². The van der Waals surface area contributed by atoms with Gasteiger partial charge in [0.25, 0.3) is 0 Å². The van der Waals surface area contributed by atoms with E-state index >= 15 is 0 Å². The number of anilines is 2. The maximum atomic E-state index is 14.9. The van der Waals surface area contributed by atoms with Crippen LogP contribution in [0.1, 0.15) is 13.3 Å². The van der Waals surface area contributed by atoms with Crippen molar-refractivity contribution in [3.05, 3.63) is 23.8 Å². The van der Waals surface area contributed by atoms with Gasteiger partial charge < -0.3 is 30.3 Å². The Bertz CT molecular complexity index is 915. The van der Waals surface area contributed by atoms with Crippen LogP contribution >= 0.6 is 0 Å². The third kappa shape index (κ3) is 5.79. The van der Waals surface area contributed by atoms with Crippen molar-refractivity contribution in [2.24, 2.45) is 0 Å². The molecule has 3 rings (SSSR count). The van der Waals surface area contributed by atoms with Crippen molar-refractivity contribution in [2.75, 3.05) is 55.6 Å². The lowest BCUT2D eigenvalue weighted by molar-refractivity contribution is -0.133. The van der Waals surface area contributed by atoms with Crippen molar-refractivity contribution >= 4 is 35.4 Å². The molecule has 1 aromatic rings. The second kappa shape index (κ2) is 10.3. The van der Waals surface area contributed by atoms with E-state index in [-0.39, 0.29) is 75.4 Å². The summed E-state index contributed by atoms with van der Waals surface area (Å²) in [6, 6.07) is 2.04. The lowest BCUT2D eigenvalue weighted by Crippen LogP contribution is -2.51. The molecule has 11 nitrogen and oxygen atoms in total. The number of carbonyl (C=O) groups is 4. The highest BCUT2D eigenvalue weighted by Gasteiger charge is 2.34. The van der Waals surface area contributed by atoms with E-state index in [1.165, 1.54) is 9.80 Å².